The van der Waals surface area contributed by atoms with Crippen molar-refractivity contribution in [3.8, 4) is 17.3 Å². The van der Waals surface area contributed by atoms with E-state index in [1.807, 2.05) is 43.4 Å². The molecule has 0 bridgehead atoms. The van der Waals surface area contributed by atoms with Crippen molar-refractivity contribution in [2.75, 3.05) is 12.4 Å². The number of anilines is 1. The summed E-state index contributed by atoms with van der Waals surface area (Å²) in [5, 5.41) is 8.99. The quantitative estimate of drug-likeness (QED) is 0.555. The fourth-order valence-corrected chi connectivity index (χ4v) is 3.33. The van der Waals surface area contributed by atoms with E-state index in [1.165, 1.54) is 0 Å². The van der Waals surface area contributed by atoms with E-state index in [4.69, 9.17) is 14.7 Å². The number of methoxy groups -OCH3 is 1. The number of nitrogens with zero attached hydrogens (tertiary/aromatic N) is 5. The summed E-state index contributed by atoms with van der Waals surface area (Å²) in [6, 6.07) is 11.8. The Hall–Kier alpha value is -3.48. The normalized spacial score (nSPS) is 11.0. The van der Waals surface area contributed by atoms with Gasteiger partial charge < -0.3 is 10.1 Å². The molecule has 0 amide bonds. The number of rotatable bonds is 6. The van der Waals surface area contributed by atoms with E-state index in [2.05, 4.69) is 22.3 Å². The molecule has 0 aliphatic heterocycles. The van der Waals surface area contributed by atoms with E-state index in [0.717, 1.165) is 45.8 Å². The smallest absolute Gasteiger partial charge is 0.216 e. The fourth-order valence-electron chi connectivity index (χ4n) is 3.33. The Labute approximate surface area is 163 Å². The number of nitrogens with one attached hydrogen (secondary N) is 1. The molecule has 0 radical (unpaired) electrons. The van der Waals surface area contributed by atoms with Crippen LogP contribution in [0.15, 0.2) is 48.8 Å². The van der Waals surface area contributed by atoms with Gasteiger partial charge in [0.15, 0.2) is 5.82 Å². The maximum Gasteiger partial charge on any atom is 0.216 e. The van der Waals surface area contributed by atoms with Gasteiger partial charge in [-0.1, -0.05) is 19.1 Å². The summed E-state index contributed by atoms with van der Waals surface area (Å²) in [4.78, 5) is 13.7. The highest BCUT2D eigenvalue weighted by atomic mass is 16.5. The highest BCUT2D eigenvalue weighted by Crippen LogP contribution is 2.27. The van der Waals surface area contributed by atoms with Crippen LogP contribution in [0.5, 0.6) is 5.88 Å². The summed E-state index contributed by atoms with van der Waals surface area (Å²) < 4.78 is 7.32. The maximum atomic E-state index is 5.55. The second-order valence-corrected chi connectivity index (χ2v) is 6.42. The maximum absolute atomic E-state index is 5.55. The minimum atomic E-state index is 0.563. The number of para-hydroxylation sites is 1. The first-order valence-corrected chi connectivity index (χ1v) is 9.21. The number of aryl methyl sites for hydroxylation is 2. The zero-order valence-electron chi connectivity index (χ0n) is 16.2. The van der Waals surface area contributed by atoms with Crippen molar-refractivity contribution in [1.29, 1.82) is 0 Å². The summed E-state index contributed by atoms with van der Waals surface area (Å²) in [6.45, 7) is 2.65. The highest BCUT2D eigenvalue weighted by Gasteiger charge is 2.17. The molecule has 0 saturated heterocycles. The Morgan fingerprint density at radius 2 is 1.96 bits per heavy atom. The lowest BCUT2D eigenvalue weighted by Gasteiger charge is -2.12. The Bertz CT molecular complexity index is 1110. The molecule has 0 unspecified atom stereocenters. The molecular weight excluding hydrogens is 352 g/mol. The first kappa shape index (κ1) is 17.9. The molecule has 0 aliphatic carbocycles. The van der Waals surface area contributed by atoms with Crippen LogP contribution in [0, 0.1) is 0 Å². The zero-order chi connectivity index (χ0) is 19.5. The topological polar surface area (TPSA) is 77.8 Å². The van der Waals surface area contributed by atoms with Gasteiger partial charge in [0.05, 0.1) is 23.9 Å². The lowest BCUT2D eigenvalue weighted by molar-refractivity contribution is 0.370. The lowest BCUT2D eigenvalue weighted by atomic mass is 10.2. The van der Waals surface area contributed by atoms with Gasteiger partial charge in [0, 0.05) is 36.9 Å². The lowest BCUT2D eigenvalue weighted by Crippen LogP contribution is -2.06. The van der Waals surface area contributed by atoms with Crippen molar-refractivity contribution in [2.24, 2.45) is 7.05 Å². The third kappa shape index (κ3) is 3.26. The third-order valence-corrected chi connectivity index (χ3v) is 4.65. The van der Waals surface area contributed by atoms with E-state index in [-0.39, 0.29) is 0 Å². The summed E-state index contributed by atoms with van der Waals surface area (Å²) >= 11 is 0. The molecule has 7 nitrogen and oxygen atoms in total. The number of fused-ring (bicyclic) bond motifs is 1. The Kier molecular flexibility index (Phi) is 4.89. The third-order valence-electron chi connectivity index (χ3n) is 4.65. The molecule has 0 fully saturated rings. The van der Waals surface area contributed by atoms with Gasteiger partial charge in [0.25, 0.3) is 0 Å². The molecule has 1 N–H and O–H groups in total. The van der Waals surface area contributed by atoms with Crippen molar-refractivity contribution in [1.82, 2.24) is 24.7 Å². The van der Waals surface area contributed by atoms with Crippen LogP contribution in [0.3, 0.4) is 0 Å². The Morgan fingerprint density at radius 3 is 2.71 bits per heavy atom. The van der Waals surface area contributed by atoms with Gasteiger partial charge in [-0.05, 0) is 30.7 Å². The first-order chi connectivity index (χ1) is 13.7. The number of benzene rings is 1. The monoisotopic (exact) mass is 374 g/mol. The second-order valence-electron chi connectivity index (χ2n) is 6.42. The van der Waals surface area contributed by atoms with E-state index in [1.54, 1.807) is 24.2 Å². The fraction of sp³-hybridized carbons (Fsp3) is 0.238. The van der Waals surface area contributed by atoms with Gasteiger partial charge in [0.2, 0.25) is 5.88 Å². The van der Waals surface area contributed by atoms with Crippen molar-refractivity contribution in [3.63, 3.8) is 0 Å². The number of pyridine rings is 1. The van der Waals surface area contributed by atoms with Crippen LogP contribution in [0.2, 0.25) is 0 Å². The molecule has 3 heterocycles. The SMILES string of the molecule is CCc1nn(C)c(OC)c1CNc1nc(-c2cccnc2)nc2ccccc12. The van der Waals surface area contributed by atoms with Gasteiger partial charge in [-0.2, -0.15) is 5.10 Å². The summed E-state index contributed by atoms with van der Waals surface area (Å²) in [5.41, 5.74) is 3.81. The zero-order valence-corrected chi connectivity index (χ0v) is 16.2. The van der Waals surface area contributed by atoms with Gasteiger partial charge in [0.1, 0.15) is 5.82 Å². The molecule has 7 heteroatoms. The van der Waals surface area contributed by atoms with Crippen LogP contribution in [-0.2, 0) is 20.0 Å². The second kappa shape index (κ2) is 7.64. The average Bonchev–Trinajstić information content (AvgIpc) is 3.06. The van der Waals surface area contributed by atoms with Gasteiger partial charge >= 0.3 is 0 Å². The molecular formula is C21H22N6O. The molecule has 4 aromatic rings. The van der Waals surface area contributed by atoms with E-state index < -0.39 is 0 Å². The highest BCUT2D eigenvalue weighted by molar-refractivity contribution is 5.90. The Balaban J connectivity index is 1.75. The predicted octanol–water partition coefficient (Wildman–Crippen LogP) is 3.61. The van der Waals surface area contributed by atoms with Crippen molar-refractivity contribution in [3.05, 3.63) is 60.0 Å². The summed E-state index contributed by atoms with van der Waals surface area (Å²) in [5.74, 6) is 2.18. The van der Waals surface area contributed by atoms with E-state index >= 15 is 0 Å². The van der Waals surface area contributed by atoms with Crippen molar-refractivity contribution >= 4 is 16.7 Å². The number of hydrogen-bond acceptors (Lipinski definition) is 6. The van der Waals surface area contributed by atoms with Crippen LogP contribution in [0.25, 0.3) is 22.3 Å². The van der Waals surface area contributed by atoms with Gasteiger partial charge in [-0.3, -0.25) is 4.98 Å². The van der Waals surface area contributed by atoms with Crippen molar-refractivity contribution in [2.45, 2.75) is 19.9 Å². The molecule has 28 heavy (non-hydrogen) atoms. The molecule has 3 aromatic heterocycles. The van der Waals surface area contributed by atoms with Gasteiger partial charge in [-0.25, -0.2) is 14.6 Å². The predicted molar refractivity (Wildman–Crippen MR) is 109 cm³/mol. The van der Waals surface area contributed by atoms with E-state index in [0.29, 0.717) is 12.4 Å². The Morgan fingerprint density at radius 1 is 1.11 bits per heavy atom. The minimum Gasteiger partial charge on any atom is -0.481 e. The van der Waals surface area contributed by atoms with Crippen LogP contribution in [-0.4, -0.2) is 31.8 Å². The molecule has 142 valence electrons. The van der Waals surface area contributed by atoms with E-state index in [9.17, 15) is 0 Å². The van der Waals surface area contributed by atoms with Crippen LogP contribution >= 0.6 is 0 Å². The minimum absolute atomic E-state index is 0.563. The largest absolute Gasteiger partial charge is 0.481 e. The molecule has 4 rings (SSSR count). The van der Waals surface area contributed by atoms with Gasteiger partial charge in [-0.15, -0.1) is 0 Å². The molecule has 0 aliphatic rings. The summed E-state index contributed by atoms with van der Waals surface area (Å²) in [7, 11) is 3.56. The van der Waals surface area contributed by atoms with Crippen LogP contribution < -0.4 is 10.1 Å². The molecule has 0 saturated carbocycles. The average molecular weight is 374 g/mol. The number of ether oxygens (including phenoxy) is 1. The molecule has 1 aromatic carbocycles. The van der Waals surface area contributed by atoms with Crippen LogP contribution in [0.4, 0.5) is 5.82 Å². The first-order valence-electron chi connectivity index (χ1n) is 9.21. The molecule has 0 atom stereocenters. The van der Waals surface area contributed by atoms with Crippen LogP contribution in [0.1, 0.15) is 18.2 Å². The summed E-state index contributed by atoms with van der Waals surface area (Å²) in [6.07, 6.45) is 4.34. The standard InChI is InChI=1S/C21H22N6O/c1-4-17-16(21(28-3)27(2)26-17)13-23-20-15-9-5-6-10-18(15)24-19(25-20)14-8-7-11-22-12-14/h5-12H,4,13H2,1-3H3,(H,23,24,25). The molecule has 0 spiro atoms. The van der Waals surface area contributed by atoms with Crippen molar-refractivity contribution < 1.29 is 4.74 Å². The number of aromatic nitrogens is 5. The number of hydrogen-bond donors (Lipinski definition) is 1.